The number of hydrogen-bond donors (Lipinski definition) is 2. The molecule has 0 saturated carbocycles. The topological polar surface area (TPSA) is 101 Å². The number of rotatable bonds is 4. The average Bonchev–Trinajstić information content (AvgIpc) is 2.72. The van der Waals surface area contributed by atoms with Crippen LogP contribution in [0.4, 0.5) is 20.4 Å². The minimum atomic E-state index is -2.50. The summed E-state index contributed by atoms with van der Waals surface area (Å²) in [5.41, 5.74) is 12.2. The van der Waals surface area contributed by atoms with Gasteiger partial charge in [-0.15, -0.1) is 0 Å². The fraction of sp³-hybridized carbons (Fsp3) is 0.261. The molecule has 3 N–H and O–H groups in total. The van der Waals surface area contributed by atoms with Gasteiger partial charge < -0.3 is 5.73 Å². The number of anilines is 2. The first-order valence-corrected chi connectivity index (χ1v) is 9.74. The third-order valence-corrected chi connectivity index (χ3v) is 3.48. The largest absolute Gasteiger partial charge is 0.384 e. The van der Waals surface area contributed by atoms with Crippen molar-refractivity contribution in [2.75, 3.05) is 18.2 Å². The Morgan fingerprint density at radius 3 is 2.12 bits per heavy atom. The van der Waals surface area contributed by atoms with Crippen LogP contribution in [0, 0.1) is 13.8 Å². The number of aliphatic imine (C=N–C) groups is 1. The Morgan fingerprint density at radius 2 is 1.62 bits per heavy atom. The number of aryl methyl sites for hydroxylation is 2. The molecular weight excluding hydrogens is 412 g/mol. The summed E-state index contributed by atoms with van der Waals surface area (Å²) >= 11 is 0. The van der Waals surface area contributed by atoms with Crippen LogP contribution in [0.1, 0.15) is 36.2 Å². The van der Waals surface area contributed by atoms with E-state index in [-0.39, 0.29) is 0 Å². The minimum Gasteiger partial charge on any atom is -0.384 e. The van der Waals surface area contributed by atoms with Gasteiger partial charge >= 0.3 is 0 Å². The van der Waals surface area contributed by atoms with E-state index in [0.717, 1.165) is 30.7 Å². The van der Waals surface area contributed by atoms with E-state index in [1.54, 1.807) is 31.7 Å². The van der Waals surface area contributed by atoms with Crippen LogP contribution < -0.4 is 11.2 Å². The zero-order valence-corrected chi connectivity index (χ0v) is 18.9. The van der Waals surface area contributed by atoms with Crippen LogP contribution in [0.2, 0.25) is 0 Å². The standard InChI is InChI=1S/C13H15N7.C7H8.C3H6F2/c1-9-11(7-15-2)13(18-8-17-9)20-19-6-10-3-4-12(14)16-5-10;1-7-5-3-2-4-6-7;1-3(2,4)5/h3-8H,1-2H3,(H2,14,16)(H,17,18,20);2-6H,1H3;1-2H3/b15-7?,19-6+;;. The Hall–Kier alpha value is -3.75. The number of nitrogens with two attached hydrogens (primary N) is 1. The van der Waals surface area contributed by atoms with Crippen LogP contribution in [0.3, 0.4) is 0 Å². The number of hydrogen-bond acceptors (Lipinski definition) is 7. The summed E-state index contributed by atoms with van der Waals surface area (Å²) in [6.07, 6.45) is 6.44. The van der Waals surface area contributed by atoms with E-state index < -0.39 is 5.92 Å². The van der Waals surface area contributed by atoms with Crippen molar-refractivity contribution in [2.45, 2.75) is 33.6 Å². The van der Waals surface area contributed by atoms with Crippen LogP contribution in [0.15, 0.2) is 65.1 Å². The number of alkyl halides is 2. The molecule has 0 aliphatic carbocycles. The molecule has 0 amide bonds. The van der Waals surface area contributed by atoms with Crippen molar-refractivity contribution < 1.29 is 8.78 Å². The molecule has 7 nitrogen and oxygen atoms in total. The van der Waals surface area contributed by atoms with Crippen LogP contribution in [0.5, 0.6) is 0 Å². The van der Waals surface area contributed by atoms with E-state index in [2.05, 4.69) is 49.5 Å². The van der Waals surface area contributed by atoms with Gasteiger partial charge in [-0.25, -0.2) is 23.7 Å². The monoisotopic (exact) mass is 441 g/mol. The van der Waals surface area contributed by atoms with Crippen molar-refractivity contribution in [2.24, 2.45) is 10.1 Å². The predicted octanol–water partition coefficient (Wildman–Crippen LogP) is 4.91. The lowest BCUT2D eigenvalue weighted by atomic mass is 10.2. The van der Waals surface area contributed by atoms with E-state index in [0.29, 0.717) is 11.6 Å². The van der Waals surface area contributed by atoms with E-state index in [1.165, 1.54) is 11.9 Å². The van der Waals surface area contributed by atoms with Gasteiger partial charge in [0.2, 0.25) is 5.92 Å². The lowest BCUT2D eigenvalue weighted by molar-refractivity contribution is 0.0437. The zero-order chi connectivity index (χ0) is 24.0. The number of halogens is 2. The molecule has 3 rings (SSSR count). The average molecular weight is 442 g/mol. The molecular formula is C23H29F2N7. The Labute approximate surface area is 187 Å². The smallest absolute Gasteiger partial charge is 0.242 e. The fourth-order valence-electron chi connectivity index (χ4n) is 2.05. The Balaban J connectivity index is 0.000000349. The number of nitrogens with one attached hydrogen (secondary N) is 1. The SMILES string of the molecule is CC(C)(F)F.CN=Cc1c(C)ncnc1N/N=C/c1ccc(N)nc1.Cc1ccccc1. The molecule has 0 unspecified atom stereocenters. The summed E-state index contributed by atoms with van der Waals surface area (Å²) < 4.78 is 22.0. The van der Waals surface area contributed by atoms with Gasteiger partial charge in [0.15, 0.2) is 5.82 Å². The molecule has 9 heteroatoms. The molecule has 0 spiro atoms. The molecule has 0 atom stereocenters. The summed E-state index contributed by atoms with van der Waals surface area (Å²) in [5, 5.41) is 4.12. The zero-order valence-electron chi connectivity index (χ0n) is 18.9. The van der Waals surface area contributed by atoms with Gasteiger partial charge in [-0.05, 0) is 39.8 Å². The summed E-state index contributed by atoms with van der Waals surface area (Å²) in [4.78, 5) is 16.2. The third-order valence-electron chi connectivity index (χ3n) is 3.48. The summed E-state index contributed by atoms with van der Waals surface area (Å²) in [6, 6.07) is 13.8. The fourth-order valence-corrected chi connectivity index (χ4v) is 2.05. The number of benzene rings is 1. The lowest BCUT2D eigenvalue weighted by Gasteiger charge is -2.05. The molecule has 0 aliphatic rings. The molecule has 0 radical (unpaired) electrons. The van der Waals surface area contributed by atoms with Gasteiger partial charge in [0.25, 0.3) is 0 Å². The second-order valence-corrected chi connectivity index (χ2v) is 6.98. The van der Waals surface area contributed by atoms with Gasteiger partial charge in [0, 0.05) is 25.0 Å². The second-order valence-electron chi connectivity index (χ2n) is 6.98. The normalized spacial score (nSPS) is 10.8. The van der Waals surface area contributed by atoms with Crippen molar-refractivity contribution in [3.8, 4) is 0 Å². The van der Waals surface area contributed by atoms with E-state index in [1.807, 2.05) is 31.2 Å². The van der Waals surface area contributed by atoms with Crippen molar-refractivity contribution in [3.63, 3.8) is 0 Å². The number of hydrazone groups is 1. The molecule has 170 valence electrons. The van der Waals surface area contributed by atoms with Gasteiger partial charge in [-0.1, -0.05) is 35.9 Å². The first kappa shape index (κ1) is 26.3. The van der Waals surface area contributed by atoms with Crippen molar-refractivity contribution in [1.82, 2.24) is 15.0 Å². The summed E-state index contributed by atoms with van der Waals surface area (Å²) in [6.45, 7) is 5.68. The molecule has 3 aromatic rings. The van der Waals surface area contributed by atoms with Crippen LogP contribution in [-0.2, 0) is 0 Å². The maximum Gasteiger partial charge on any atom is 0.242 e. The maximum atomic E-state index is 11.0. The predicted molar refractivity (Wildman–Crippen MR) is 128 cm³/mol. The first-order chi connectivity index (χ1) is 15.1. The van der Waals surface area contributed by atoms with Crippen molar-refractivity contribution >= 4 is 24.1 Å². The highest BCUT2D eigenvalue weighted by Crippen LogP contribution is 2.12. The van der Waals surface area contributed by atoms with E-state index >= 15 is 0 Å². The van der Waals surface area contributed by atoms with Crippen LogP contribution >= 0.6 is 0 Å². The Morgan fingerprint density at radius 1 is 0.969 bits per heavy atom. The van der Waals surface area contributed by atoms with Crippen molar-refractivity contribution in [1.29, 1.82) is 0 Å². The molecule has 2 heterocycles. The first-order valence-electron chi connectivity index (χ1n) is 9.74. The Bertz CT molecular complexity index is 977. The van der Waals surface area contributed by atoms with E-state index in [4.69, 9.17) is 5.73 Å². The third kappa shape index (κ3) is 12.1. The van der Waals surface area contributed by atoms with Gasteiger partial charge in [0.1, 0.15) is 12.1 Å². The maximum absolute atomic E-state index is 11.0. The van der Waals surface area contributed by atoms with Crippen molar-refractivity contribution in [3.05, 3.63) is 77.4 Å². The number of nitrogens with zero attached hydrogens (tertiary/aromatic N) is 5. The van der Waals surface area contributed by atoms with Crippen LogP contribution in [0.25, 0.3) is 0 Å². The van der Waals surface area contributed by atoms with Crippen LogP contribution in [-0.4, -0.2) is 40.4 Å². The molecule has 0 aliphatic heterocycles. The molecule has 2 aromatic heterocycles. The minimum absolute atomic E-state index is 0.475. The Kier molecular flexibility index (Phi) is 11.1. The summed E-state index contributed by atoms with van der Waals surface area (Å²) in [5.74, 6) is -1.43. The van der Waals surface area contributed by atoms with Gasteiger partial charge in [0.05, 0.1) is 17.5 Å². The number of nitrogen functional groups attached to an aromatic ring is 1. The molecule has 1 aromatic carbocycles. The number of pyridine rings is 1. The quantitative estimate of drug-likeness (QED) is 0.442. The second kappa shape index (κ2) is 13.5. The summed E-state index contributed by atoms with van der Waals surface area (Å²) in [7, 11) is 1.69. The van der Waals surface area contributed by atoms with Gasteiger partial charge in [-0.3, -0.25) is 10.4 Å². The van der Waals surface area contributed by atoms with Gasteiger partial charge in [-0.2, -0.15) is 5.10 Å². The molecule has 0 fully saturated rings. The molecule has 0 saturated heterocycles. The highest BCUT2D eigenvalue weighted by molar-refractivity contribution is 5.88. The molecule has 0 bridgehead atoms. The highest BCUT2D eigenvalue weighted by atomic mass is 19.3. The highest BCUT2D eigenvalue weighted by Gasteiger charge is 2.08. The number of aromatic nitrogens is 3. The van der Waals surface area contributed by atoms with E-state index in [9.17, 15) is 8.78 Å². The molecule has 32 heavy (non-hydrogen) atoms. The lowest BCUT2D eigenvalue weighted by Crippen LogP contribution is -2.02.